The fraction of sp³-hybridized carbons (Fsp3) is 0.462. The second-order valence-electron chi connectivity index (χ2n) is 4.35. The summed E-state index contributed by atoms with van der Waals surface area (Å²) in [5, 5.41) is -0.0850. The van der Waals surface area contributed by atoms with Gasteiger partial charge in [-0.15, -0.1) is 12.6 Å². The SMILES string of the molecule is CN(CCN(C)Cc1ccccc1)CC(=O)S. The molecule has 17 heavy (non-hydrogen) atoms. The molecular formula is C13H20N2OS. The minimum atomic E-state index is -0.0850. The van der Waals surface area contributed by atoms with Gasteiger partial charge in [-0.05, 0) is 19.7 Å². The summed E-state index contributed by atoms with van der Waals surface area (Å²) in [5.41, 5.74) is 1.31. The maximum Gasteiger partial charge on any atom is 0.199 e. The van der Waals surface area contributed by atoms with Crippen molar-refractivity contribution in [1.82, 2.24) is 9.80 Å². The maximum atomic E-state index is 10.8. The smallest absolute Gasteiger partial charge is 0.199 e. The Hall–Kier alpha value is -0.840. The number of likely N-dealkylation sites (N-methyl/N-ethyl adjacent to an activating group) is 2. The average Bonchev–Trinajstić information content (AvgIpc) is 2.27. The minimum Gasteiger partial charge on any atom is -0.301 e. The summed E-state index contributed by atoms with van der Waals surface area (Å²) < 4.78 is 0. The van der Waals surface area contributed by atoms with Crippen molar-refractivity contribution >= 4 is 17.7 Å². The molecule has 0 aliphatic heterocycles. The molecule has 1 rings (SSSR count). The lowest BCUT2D eigenvalue weighted by Gasteiger charge is -2.21. The molecule has 0 heterocycles. The van der Waals surface area contributed by atoms with E-state index in [2.05, 4.69) is 48.8 Å². The summed E-state index contributed by atoms with van der Waals surface area (Å²) in [5.74, 6) is 0. The highest BCUT2D eigenvalue weighted by Crippen LogP contribution is 2.02. The molecule has 3 nitrogen and oxygen atoms in total. The van der Waals surface area contributed by atoms with Crippen LogP contribution in [0.3, 0.4) is 0 Å². The Kier molecular flexibility index (Phi) is 6.26. The average molecular weight is 252 g/mol. The van der Waals surface area contributed by atoms with E-state index in [1.165, 1.54) is 5.56 Å². The van der Waals surface area contributed by atoms with Crippen LogP contribution in [0, 0.1) is 0 Å². The lowest BCUT2D eigenvalue weighted by Crippen LogP contribution is -2.32. The second kappa shape index (κ2) is 7.48. The van der Waals surface area contributed by atoms with Crippen molar-refractivity contribution in [2.75, 3.05) is 33.7 Å². The Morgan fingerprint density at radius 3 is 2.29 bits per heavy atom. The van der Waals surface area contributed by atoms with Crippen molar-refractivity contribution in [3.05, 3.63) is 35.9 Å². The Bertz CT molecular complexity index is 343. The van der Waals surface area contributed by atoms with E-state index in [9.17, 15) is 4.79 Å². The van der Waals surface area contributed by atoms with E-state index in [1.54, 1.807) is 0 Å². The molecule has 0 spiro atoms. The lowest BCUT2D eigenvalue weighted by atomic mass is 10.2. The maximum absolute atomic E-state index is 10.8. The van der Waals surface area contributed by atoms with Gasteiger partial charge in [-0.1, -0.05) is 30.3 Å². The van der Waals surface area contributed by atoms with Crippen LogP contribution >= 0.6 is 12.6 Å². The van der Waals surface area contributed by atoms with Gasteiger partial charge in [-0.2, -0.15) is 0 Å². The summed E-state index contributed by atoms with van der Waals surface area (Å²) >= 11 is 3.77. The summed E-state index contributed by atoms with van der Waals surface area (Å²) in [6.07, 6.45) is 0. The zero-order valence-electron chi connectivity index (χ0n) is 10.5. The topological polar surface area (TPSA) is 23.6 Å². The zero-order chi connectivity index (χ0) is 12.7. The van der Waals surface area contributed by atoms with E-state index < -0.39 is 0 Å². The fourth-order valence-electron chi connectivity index (χ4n) is 1.63. The van der Waals surface area contributed by atoms with Gasteiger partial charge < -0.3 is 4.90 Å². The van der Waals surface area contributed by atoms with Crippen LogP contribution in [-0.4, -0.2) is 48.6 Å². The van der Waals surface area contributed by atoms with E-state index in [-0.39, 0.29) is 5.12 Å². The highest BCUT2D eigenvalue weighted by Gasteiger charge is 2.04. The number of carbonyl (C=O) groups is 1. The van der Waals surface area contributed by atoms with Crippen molar-refractivity contribution in [3.8, 4) is 0 Å². The molecule has 0 N–H and O–H groups in total. The van der Waals surface area contributed by atoms with E-state index in [4.69, 9.17) is 0 Å². The summed E-state index contributed by atoms with van der Waals surface area (Å²) in [4.78, 5) is 15.0. The molecule has 0 fully saturated rings. The normalized spacial score (nSPS) is 11.1. The van der Waals surface area contributed by atoms with Crippen molar-refractivity contribution < 1.29 is 4.79 Å². The summed E-state index contributed by atoms with van der Waals surface area (Å²) in [6.45, 7) is 3.15. The Morgan fingerprint density at radius 2 is 1.71 bits per heavy atom. The van der Waals surface area contributed by atoms with Crippen molar-refractivity contribution in [3.63, 3.8) is 0 Å². The van der Waals surface area contributed by atoms with E-state index >= 15 is 0 Å². The Morgan fingerprint density at radius 1 is 1.12 bits per heavy atom. The van der Waals surface area contributed by atoms with Crippen LogP contribution in [0.4, 0.5) is 0 Å². The number of hydrogen-bond acceptors (Lipinski definition) is 3. The first kappa shape index (κ1) is 14.2. The number of nitrogens with zero attached hydrogens (tertiary/aromatic N) is 2. The van der Waals surface area contributed by atoms with Crippen LogP contribution in [0.15, 0.2) is 30.3 Å². The lowest BCUT2D eigenvalue weighted by molar-refractivity contribution is -0.111. The highest BCUT2D eigenvalue weighted by atomic mass is 32.1. The summed E-state index contributed by atoms with van der Waals surface area (Å²) in [7, 11) is 4.02. The molecule has 0 aliphatic carbocycles. The van der Waals surface area contributed by atoms with Gasteiger partial charge in [0.25, 0.3) is 0 Å². The molecule has 4 heteroatoms. The van der Waals surface area contributed by atoms with Gasteiger partial charge in [0.1, 0.15) is 0 Å². The first-order valence-corrected chi connectivity index (χ1v) is 6.15. The van der Waals surface area contributed by atoms with Gasteiger partial charge in [-0.3, -0.25) is 9.69 Å². The molecule has 0 radical (unpaired) electrons. The molecule has 1 aromatic rings. The quantitative estimate of drug-likeness (QED) is 0.744. The number of benzene rings is 1. The molecule has 0 unspecified atom stereocenters. The fourth-order valence-corrected chi connectivity index (χ4v) is 1.87. The van der Waals surface area contributed by atoms with Crippen molar-refractivity contribution in [1.29, 1.82) is 0 Å². The molecule has 1 aromatic carbocycles. The van der Waals surface area contributed by atoms with E-state index in [1.807, 2.05) is 18.0 Å². The third kappa shape index (κ3) is 6.46. The second-order valence-corrected chi connectivity index (χ2v) is 4.85. The monoisotopic (exact) mass is 252 g/mol. The highest BCUT2D eigenvalue weighted by molar-refractivity contribution is 7.96. The zero-order valence-corrected chi connectivity index (χ0v) is 11.4. The van der Waals surface area contributed by atoms with Crippen molar-refractivity contribution in [2.24, 2.45) is 0 Å². The molecule has 0 aromatic heterocycles. The largest absolute Gasteiger partial charge is 0.301 e. The molecule has 0 saturated carbocycles. The van der Waals surface area contributed by atoms with E-state index in [0.29, 0.717) is 6.54 Å². The Labute approximate surface area is 109 Å². The van der Waals surface area contributed by atoms with Gasteiger partial charge in [0.15, 0.2) is 5.12 Å². The van der Waals surface area contributed by atoms with Crippen LogP contribution in [0.25, 0.3) is 0 Å². The third-order valence-corrected chi connectivity index (χ3v) is 2.71. The van der Waals surface area contributed by atoms with Crippen molar-refractivity contribution in [2.45, 2.75) is 6.54 Å². The van der Waals surface area contributed by atoms with Gasteiger partial charge in [0, 0.05) is 19.6 Å². The molecule has 0 amide bonds. The predicted molar refractivity (Wildman–Crippen MR) is 74.3 cm³/mol. The molecule has 0 atom stereocenters. The van der Waals surface area contributed by atoms with Gasteiger partial charge in [-0.25, -0.2) is 0 Å². The predicted octanol–water partition coefficient (Wildman–Crippen LogP) is 1.51. The molecular weight excluding hydrogens is 232 g/mol. The van der Waals surface area contributed by atoms with Crippen LogP contribution in [0.1, 0.15) is 5.56 Å². The molecule has 0 saturated heterocycles. The molecule has 0 aliphatic rings. The van der Waals surface area contributed by atoms with Crippen LogP contribution in [0.5, 0.6) is 0 Å². The molecule has 94 valence electrons. The van der Waals surface area contributed by atoms with E-state index in [0.717, 1.165) is 19.6 Å². The third-order valence-electron chi connectivity index (χ3n) is 2.56. The van der Waals surface area contributed by atoms with Crippen LogP contribution < -0.4 is 0 Å². The number of thiol groups is 1. The first-order chi connectivity index (χ1) is 8.08. The Balaban J connectivity index is 2.26. The van der Waals surface area contributed by atoms with Gasteiger partial charge in [0.2, 0.25) is 0 Å². The van der Waals surface area contributed by atoms with Gasteiger partial charge >= 0.3 is 0 Å². The van der Waals surface area contributed by atoms with Crippen LogP contribution in [0.2, 0.25) is 0 Å². The minimum absolute atomic E-state index is 0.0850. The molecule has 0 bridgehead atoms. The number of rotatable bonds is 7. The first-order valence-electron chi connectivity index (χ1n) is 5.70. The van der Waals surface area contributed by atoms with Gasteiger partial charge in [0.05, 0.1) is 6.54 Å². The number of hydrogen-bond donors (Lipinski definition) is 1. The number of carbonyl (C=O) groups excluding carboxylic acids is 1. The summed E-state index contributed by atoms with van der Waals surface area (Å²) in [6, 6.07) is 10.4. The van der Waals surface area contributed by atoms with Crippen LogP contribution in [-0.2, 0) is 11.3 Å². The standard InChI is InChI=1S/C13H20N2OS/c1-14(8-9-15(2)11-13(16)17)10-12-6-4-3-5-7-12/h3-7H,8-11H2,1-2H3,(H,16,17).